The third kappa shape index (κ3) is 3.44. The van der Waals surface area contributed by atoms with E-state index in [4.69, 9.17) is 17.2 Å². The molecule has 8 heteroatoms. The summed E-state index contributed by atoms with van der Waals surface area (Å²) < 4.78 is 13.0. The number of hydrogen-bond acceptors (Lipinski definition) is 7. The smallest absolute Gasteiger partial charge is 0.203 e. The molecule has 0 fully saturated rings. The second-order valence-corrected chi connectivity index (χ2v) is 5.99. The van der Waals surface area contributed by atoms with Crippen LogP contribution in [0.25, 0.3) is 16.3 Å². The van der Waals surface area contributed by atoms with Crippen LogP contribution in [0.5, 0.6) is 0 Å². The SMILES string of the molecule is N/C(Nc1ccc(-c2nnc(N)s2)cc1)=C(\N)c1ccc(F)cc1. The Bertz CT molecular complexity index is 870. The molecule has 24 heavy (non-hydrogen) atoms. The summed E-state index contributed by atoms with van der Waals surface area (Å²) in [6.45, 7) is 0. The van der Waals surface area contributed by atoms with Gasteiger partial charge in [0.05, 0.1) is 5.70 Å². The van der Waals surface area contributed by atoms with Crippen LogP contribution in [0.2, 0.25) is 0 Å². The first kappa shape index (κ1) is 15.8. The number of hydrogen-bond donors (Lipinski definition) is 4. The number of rotatable bonds is 4. The summed E-state index contributed by atoms with van der Waals surface area (Å²) in [5.74, 6) is -0.0412. The number of nitrogens with zero attached hydrogens (tertiary/aromatic N) is 2. The van der Waals surface area contributed by atoms with Crippen molar-refractivity contribution in [2.45, 2.75) is 0 Å². The maximum absolute atomic E-state index is 13.0. The fraction of sp³-hybridized carbons (Fsp3) is 0. The van der Waals surface area contributed by atoms with E-state index in [2.05, 4.69) is 15.5 Å². The molecular formula is C16H15FN6S. The Morgan fingerprint density at radius 2 is 1.62 bits per heavy atom. The number of halogens is 1. The van der Waals surface area contributed by atoms with E-state index in [1.54, 1.807) is 12.1 Å². The first-order valence-corrected chi connectivity index (χ1v) is 7.82. The van der Waals surface area contributed by atoms with Gasteiger partial charge in [0.1, 0.15) is 16.6 Å². The molecule has 0 atom stereocenters. The van der Waals surface area contributed by atoms with Gasteiger partial charge in [0.25, 0.3) is 0 Å². The minimum atomic E-state index is -0.328. The van der Waals surface area contributed by atoms with Crippen molar-refractivity contribution in [3.8, 4) is 10.6 Å². The van der Waals surface area contributed by atoms with Crippen molar-refractivity contribution in [3.05, 3.63) is 65.7 Å². The van der Waals surface area contributed by atoms with E-state index < -0.39 is 0 Å². The Morgan fingerprint density at radius 3 is 2.21 bits per heavy atom. The lowest BCUT2D eigenvalue weighted by atomic mass is 10.1. The van der Waals surface area contributed by atoms with Crippen molar-refractivity contribution in [1.82, 2.24) is 10.2 Å². The zero-order valence-electron chi connectivity index (χ0n) is 12.5. The topological polar surface area (TPSA) is 116 Å². The molecule has 0 saturated heterocycles. The second-order valence-electron chi connectivity index (χ2n) is 4.98. The molecule has 0 saturated carbocycles. The third-order valence-electron chi connectivity index (χ3n) is 3.30. The van der Waals surface area contributed by atoms with Gasteiger partial charge in [-0.2, -0.15) is 0 Å². The number of nitrogen functional groups attached to an aromatic ring is 1. The molecule has 0 aliphatic rings. The Hall–Kier alpha value is -3.13. The van der Waals surface area contributed by atoms with E-state index in [9.17, 15) is 4.39 Å². The molecule has 0 radical (unpaired) electrons. The number of benzene rings is 2. The summed E-state index contributed by atoms with van der Waals surface area (Å²) in [6, 6.07) is 13.3. The van der Waals surface area contributed by atoms with Crippen LogP contribution >= 0.6 is 11.3 Å². The highest BCUT2D eigenvalue weighted by Crippen LogP contribution is 2.26. The van der Waals surface area contributed by atoms with Crippen LogP contribution in [0.1, 0.15) is 5.56 Å². The van der Waals surface area contributed by atoms with Crippen LogP contribution in [-0.4, -0.2) is 10.2 Å². The summed E-state index contributed by atoms with van der Waals surface area (Å²) in [6.07, 6.45) is 0. The summed E-state index contributed by atoms with van der Waals surface area (Å²) in [5.41, 5.74) is 20.2. The monoisotopic (exact) mass is 342 g/mol. The molecule has 0 spiro atoms. The highest BCUT2D eigenvalue weighted by Gasteiger charge is 2.06. The van der Waals surface area contributed by atoms with E-state index in [0.717, 1.165) is 16.3 Å². The van der Waals surface area contributed by atoms with Gasteiger partial charge in [-0.05, 0) is 48.5 Å². The number of nitrogens with one attached hydrogen (secondary N) is 1. The number of anilines is 2. The third-order valence-corrected chi connectivity index (χ3v) is 4.10. The van der Waals surface area contributed by atoms with Gasteiger partial charge in [0.2, 0.25) is 5.13 Å². The Balaban J connectivity index is 1.77. The molecule has 0 bridgehead atoms. The van der Waals surface area contributed by atoms with Gasteiger partial charge in [-0.1, -0.05) is 11.3 Å². The molecule has 122 valence electrons. The predicted octanol–water partition coefficient (Wildman–Crippen LogP) is 2.58. The molecule has 0 aliphatic carbocycles. The predicted molar refractivity (Wildman–Crippen MR) is 95.1 cm³/mol. The fourth-order valence-corrected chi connectivity index (χ4v) is 2.67. The normalized spacial score (nSPS) is 11.9. The van der Waals surface area contributed by atoms with E-state index >= 15 is 0 Å². The molecule has 0 unspecified atom stereocenters. The van der Waals surface area contributed by atoms with Gasteiger partial charge >= 0.3 is 0 Å². The second kappa shape index (κ2) is 6.55. The van der Waals surface area contributed by atoms with E-state index in [0.29, 0.717) is 16.4 Å². The van der Waals surface area contributed by atoms with Crippen LogP contribution in [0.4, 0.5) is 15.2 Å². The van der Waals surface area contributed by atoms with E-state index in [1.165, 1.54) is 23.5 Å². The van der Waals surface area contributed by atoms with Crippen molar-refractivity contribution in [2.75, 3.05) is 11.1 Å². The maximum Gasteiger partial charge on any atom is 0.203 e. The van der Waals surface area contributed by atoms with Crippen LogP contribution in [0.3, 0.4) is 0 Å². The van der Waals surface area contributed by atoms with Gasteiger partial charge in [-0.3, -0.25) is 0 Å². The molecule has 0 aliphatic heterocycles. The first-order valence-electron chi connectivity index (χ1n) is 7.00. The molecule has 1 aromatic heterocycles. The number of nitrogens with two attached hydrogens (primary N) is 3. The minimum Gasteiger partial charge on any atom is -0.395 e. The van der Waals surface area contributed by atoms with Crippen molar-refractivity contribution < 1.29 is 4.39 Å². The Kier molecular flexibility index (Phi) is 4.30. The van der Waals surface area contributed by atoms with E-state index in [-0.39, 0.29) is 11.6 Å². The summed E-state index contributed by atoms with van der Waals surface area (Å²) in [5, 5.41) is 12.0. The quantitative estimate of drug-likeness (QED) is 0.579. The molecule has 0 amide bonds. The van der Waals surface area contributed by atoms with Crippen LogP contribution < -0.4 is 22.5 Å². The maximum atomic E-state index is 13.0. The van der Waals surface area contributed by atoms with Gasteiger partial charge in [0, 0.05) is 16.8 Å². The minimum absolute atomic E-state index is 0.287. The summed E-state index contributed by atoms with van der Waals surface area (Å²) in [4.78, 5) is 0. The first-order chi connectivity index (χ1) is 11.5. The van der Waals surface area contributed by atoms with Crippen molar-refractivity contribution >= 4 is 27.9 Å². The molecular weight excluding hydrogens is 327 g/mol. The van der Waals surface area contributed by atoms with Crippen LogP contribution in [-0.2, 0) is 0 Å². The van der Waals surface area contributed by atoms with Crippen molar-refractivity contribution in [2.24, 2.45) is 11.5 Å². The molecule has 6 nitrogen and oxygen atoms in total. The largest absolute Gasteiger partial charge is 0.395 e. The molecule has 3 aromatic rings. The Morgan fingerprint density at radius 1 is 0.958 bits per heavy atom. The van der Waals surface area contributed by atoms with Crippen LogP contribution in [0, 0.1) is 5.82 Å². The summed E-state index contributed by atoms with van der Waals surface area (Å²) >= 11 is 1.31. The number of aromatic nitrogens is 2. The van der Waals surface area contributed by atoms with Crippen molar-refractivity contribution in [3.63, 3.8) is 0 Å². The Labute approximate surface area is 141 Å². The van der Waals surface area contributed by atoms with Gasteiger partial charge < -0.3 is 22.5 Å². The zero-order chi connectivity index (χ0) is 17.1. The van der Waals surface area contributed by atoms with Crippen molar-refractivity contribution in [1.29, 1.82) is 0 Å². The molecule has 1 heterocycles. The summed E-state index contributed by atoms with van der Waals surface area (Å²) in [7, 11) is 0. The standard InChI is InChI=1S/C16H15FN6S/c17-11-5-1-9(2-6-11)13(18)14(19)21-12-7-3-10(4-8-12)15-22-23-16(20)24-15/h1-8,21H,18-19H2,(H2,20,23)/b14-13+. The average molecular weight is 342 g/mol. The average Bonchev–Trinajstić information content (AvgIpc) is 3.02. The molecule has 7 N–H and O–H groups in total. The zero-order valence-corrected chi connectivity index (χ0v) is 13.3. The lowest BCUT2D eigenvalue weighted by Gasteiger charge is -2.11. The van der Waals surface area contributed by atoms with Gasteiger partial charge in [0.15, 0.2) is 0 Å². The van der Waals surface area contributed by atoms with Crippen LogP contribution in [0.15, 0.2) is 54.4 Å². The highest BCUT2D eigenvalue weighted by molar-refractivity contribution is 7.18. The molecule has 3 rings (SSSR count). The molecule has 2 aromatic carbocycles. The lowest BCUT2D eigenvalue weighted by molar-refractivity contribution is 0.627. The lowest BCUT2D eigenvalue weighted by Crippen LogP contribution is -2.16. The fourth-order valence-electron chi connectivity index (χ4n) is 2.06. The van der Waals surface area contributed by atoms with Gasteiger partial charge in [-0.25, -0.2) is 4.39 Å². The highest BCUT2D eigenvalue weighted by atomic mass is 32.1. The van der Waals surface area contributed by atoms with Gasteiger partial charge in [-0.15, -0.1) is 10.2 Å². The van der Waals surface area contributed by atoms with E-state index in [1.807, 2.05) is 24.3 Å².